The Bertz CT molecular complexity index is 1170. The molecular formula is C21H15ClN6O. The first-order chi connectivity index (χ1) is 14.1. The molecule has 3 aromatic heterocycles. The Hall–Kier alpha value is -3.84. The maximum absolute atomic E-state index is 12.8. The van der Waals surface area contributed by atoms with E-state index in [4.69, 9.17) is 17.3 Å². The minimum atomic E-state index is -0.197. The fourth-order valence-corrected chi connectivity index (χ4v) is 2.84. The lowest BCUT2D eigenvalue weighted by Gasteiger charge is -2.09. The molecule has 0 aliphatic heterocycles. The number of hydrogen-bond donors (Lipinski definition) is 2. The number of rotatable bonds is 5. The van der Waals surface area contributed by atoms with E-state index < -0.39 is 0 Å². The van der Waals surface area contributed by atoms with Gasteiger partial charge in [-0.2, -0.15) is 0 Å². The molecular weight excluding hydrogens is 388 g/mol. The highest BCUT2D eigenvalue weighted by atomic mass is 35.5. The van der Waals surface area contributed by atoms with Crippen molar-refractivity contribution in [2.75, 3.05) is 11.1 Å². The van der Waals surface area contributed by atoms with Crippen LogP contribution in [-0.2, 0) is 0 Å². The number of benzene rings is 1. The molecule has 0 aliphatic rings. The van der Waals surface area contributed by atoms with Gasteiger partial charge in [0.1, 0.15) is 5.15 Å². The van der Waals surface area contributed by atoms with Gasteiger partial charge < -0.3 is 11.1 Å². The topological polar surface area (TPSA) is 107 Å². The third-order valence-corrected chi connectivity index (χ3v) is 4.38. The van der Waals surface area contributed by atoms with E-state index in [2.05, 4.69) is 25.3 Å². The molecule has 0 saturated heterocycles. The molecule has 0 fully saturated rings. The lowest BCUT2D eigenvalue weighted by atomic mass is 9.99. The molecule has 1 aromatic carbocycles. The van der Waals surface area contributed by atoms with Gasteiger partial charge in [-0.05, 0) is 42.5 Å². The summed E-state index contributed by atoms with van der Waals surface area (Å²) in [6, 6.07) is 13.8. The van der Waals surface area contributed by atoms with E-state index in [-0.39, 0.29) is 5.78 Å². The lowest BCUT2D eigenvalue weighted by Crippen LogP contribution is -2.06. The first-order valence-electron chi connectivity index (χ1n) is 8.66. The van der Waals surface area contributed by atoms with Crippen molar-refractivity contribution in [3.8, 4) is 11.3 Å². The smallest absolute Gasteiger partial charge is 0.227 e. The third-order valence-electron chi connectivity index (χ3n) is 4.16. The second-order valence-corrected chi connectivity index (χ2v) is 6.52. The number of aromatic nitrogens is 4. The molecule has 0 saturated carbocycles. The van der Waals surface area contributed by atoms with Gasteiger partial charge in [0.05, 0.1) is 17.6 Å². The van der Waals surface area contributed by atoms with Crippen molar-refractivity contribution in [1.82, 2.24) is 19.9 Å². The van der Waals surface area contributed by atoms with Crippen LogP contribution in [0.15, 0.2) is 73.3 Å². The summed E-state index contributed by atoms with van der Waals surface area (Å²) in [5.41, 5.74) is 9.39. The van der Waals surface area contributed by atoms with Crippen molar-refractivity contribution < 1.29 is 4.79 Å². The van der Waals surface area contributed by atoms with Gasteiger partial charge in [-0.25, -0.2) is 15.0 Å². The van der Waals surface area contributed by atoms with Crippen LogP contribution in [0.4, 0.5) is 17.3 Å². The predicted octanol–water partition coefficient (Wildman–Crippen LogP) is 4.14. The summed E-state index contributed by atoms with van der Waals surface area (Å²) in [7, 11) is 0. The molecule has 29 heavy (non-hydrogen) atoms. The van der Waals surface area contributed by atoms with Gasteiger partial charge in [-0.3, -0.25) is 9.78 Å². The fraction of sp³-hybridized carbons (Fsp3) is 0. The van der Waals surface area contributed by atoms with Gasteiger partial charge in [0.15, 0.2) is 5.78 Å². The maximum Gasteiger partial charge on any atom is 0.227 e. The van der Waals surface area contributed by atoms with Gasteiger partial charge in [0.2, 0.25) is 5.95 Å². The fourth-order valence-electron chi connectivity index (χ4n) is 2.72. The molecule has 0 atom stereocenters. The first-order valence-corrected chi connectivity index (χ1v) is 9.04. The molecule has 3 heterocycles. The summed E-state index contributed by atoms with van der Waals surface area (Å²) in [5, 5.41) is 3.47. The van der Waals surface area contributed by atoms with Crippen molar-refractivity contribution in [2.45, 2.75) is 0 Å². The summed E-state index contributed by atoms with van der Waals surface area (Å²) in [4.78, 5) is 29.6. The second-order valence-electron chi connectivity index (χ2n) is 6.13. The molecule has 0 spiro atoms. The van der Waals surface area contributed by atoms with Crippen molar-refractivity contribution in [1.29, 1.82) is 0 Å². The third kappa shape index (κ3) is 4.20. The first kappa shape index (κ1) is 18.5. The highest BCUT2D eigenvalue weighted by molar-refractivity contribution is 6.29. The molecule has 0 amide bonds. The van der Waals surface area contributed by atoms with Crippen LogP contribution >= 0.6 is 11.6 Å². The van der Waals surface area contributed by atoms with Gasteiger partial charge in [0, 0.05) is 41.0 Å². The van der Waals surface area contributed by atoms with Crippen LogP contribution in [0.3, 0.4) is 0 Å². The molecule has 4 rings (SSSR count). The van der Waals surface area contributed by atoms with Gasteiger partial charge in [-0.15, -0.1) is 0 Å². The Morgan fingerprint density at radius 2 is 1.90 bits per heavy atom. The van der Waals surface area contributed by atoms with Crippen LogP contribution in [0.2, 0.25) is 5.15 Å². The standard InChI is InChI=1S/C21H15ClN6O/c22-19-6-4-15(12-26-19)27-21-25-9-7-18(28-21)13-3-5-17(23)16(10-13)20(29)14-2-1-8-24-11-14/h1-12H,23H2,(H,25,27,28). The Kier molecular flexibility index (Phi) is 5.13. The normalized spacial score (nSPS) is 10.5. The molecule has 4 aromatic rings. The van der Waals surface area contributed by atoms with E-state index in [0.717, 1.165) is 5.56 Å². The van der Waals surface area contributed by atoms with Gasteiger partial charge in [-0.1, -0.05) is 17.7 Å². The van der Waals surface area contributed by atoms with Crippen LogP contribution in [0.1, 0.15) is 15.9 Å². The molecule has 142 valence electrons. The largest absolute Gasteiger partial charge is 0.398 e. The number of anilines is 3. The summed E-state index contributed by atoms with van der Waals surface area (Å²) >= 11 is 5.81. The van der Waals surface area contributed by atoms with Crippen LogP contribution in [-0.4, -0.2) is 25.7 Å². The zero-order chi connectivity index (χ0) is 20.2. The predicted molar refractivity (Wildman–Crippen MR) is 112 cm³/mol. The number of carbonyl (C=O) groups is 1. The minimum Gasteiger partial charge on any atom is -0.398 e. The highest BCUT2D eigenvalue weighted by Crippen LogP contribution is 2.25. The van der Waals surface area contributed by atoms with Crippen molar-refractivity contribution >= 4 is 34.7 Å². The Labute approximate surface area is 171 Å². The van der Waals surface area contributed by atoms with Crippen LogP contribution < -0.4 is 11.1 Å². The van der Waals surface area contributed by atoms with Crippen LogP contribution in [0.5, 0.6) is 0 Å². The number of hydrogen-bond acceptors (Lipinski definition) is 7. The molecule has 8 heteroatoms. The van der Waals surface area contributed by atoms with Gasteiger partial charge in [0.25, 0.3) is 0 Å². The lowest BCUT2D eigenvalue weighted by molar-refractivity contribution is 0.103. The molecule has 0 bridgehead atoms. The SMILES string of the molecule is Nc1ccc(-c2ccnc(Nc3ccc(Cl)nc3)n2)cc1C(=O)c1cccnc1. The van der Waals surface area contributed by atoms with Gasteiger partial charge >= 0.3 is 0 Å². The van der Waals surface area contributed by atoms with Crippen molar-refractivity contribution in [3.05, 3.63) is 89.6 Å². The minimum absolute atomic E-state index is 0.197. The molecule has 7 nitrogen and oxygen atoms in total. The van der Waals surface area contributed by atoms with Crippen LogP contribution in [0, 0.1) is 0 Å². The number of nitrogens with two attached hydrogens (primary N) is 1. The zero-order valence-electron chi connectivity index (χ0n) is 15.1. The summed E-state index contributed by atoms with van der Waals surface area (Å²) in [6.07, 6.45) is 6.35. The monoisotopic (exact) mass is 402 g/mol. The number of pyridine rings is 2. The molecule has 0 unspecified atom stereocenters. The molecule has 0 aliphatic carbocycles. The van der Waals surface area contributed by atoms with Crippen LogP contribution in [0.25, 0.3) is 11.3 Å². The maximum atomic E-state index is 12.8. The number of nitrogen functional groups attached to an aromatic ring is 1. The van der Waals surface area contributed by atoms with E-state index in [1.54, 1.807) is 61.1 Å². The number of ketones is 1. The second kappa shape index (κ2) is 8.04. The Balaban J connectivity index is 1.65. The average molecular weight is 403 g/mol. The summed E-state index contributed by atoms with van der Waals surface area (Å²) < 4.78 is 0. The van der Waals surface area contributed by atoms with E-state index in [1.807, 2.05) is 6.07 Å². The average Bonchev–Trinajstić information content (AvgIpc) is 2.76. The number of nitrogens with zero attached hydrogens (tertiary/aromatic N) is 4. The Morgan fingerprint density at radius 1 is 1.00 bits per heavy atom. The van der Waals surface area contributed by atoms with Crippen molar-refractivity contribution in [2.24, 2.45) is 0 Å². The van der Waals surface area contributed by atoms with E-state index in [9.17, 15) is 4.79 Å². The summed E-state index contributed by atoms with van der Waals surface area (Å²) in [5.74, 6) is 0.195. The van der Waals surface area contributed by atoms with E-state index >= 15 is 0 Å². The van der Waals surface area contributed by atoms with E-state index in [0.29, 0.717) is 39.3 Å². The quantitative estimate of drug-likeness (QED) is 0.293. The van der Waals surface area contributed by atoms with E-state index in [1.165, 1.54) is 6.20 Å². The number of carbonyl (C=O) groups excluding carboxylic acids is 1. The molecule has 0 radical (unpaired) electrons. The number of halogens is 1. The Morgan fingerprint density at radius 3 is 2.66 bits per heavy atom. The zero-order valence-corrected chi connectivity index (χ0v) is 15.8. The highest BCUT2D eigenvalue weighted by Gasteiger charge is 2.14. The van der Waals surface area contributed by atoms with Crippen molar-refractivity contribution in [3.63, 3.8) is 0 Å². The molecule has 3 N–H and O–H groups in total. The number of nitrogens with one attached hydrogen (secondary N) is 1. The summed E-state index contributed by atoms with van der Waals surface area (Å²) in [6.45, 7) is 0.